The van der Waals surface area contributed by atoms with Gasteiger partial charge in [0.2, 0.25) is 0 Å². The molecule has 1 fully saturated rings. The number of methoxy groups -OCH3 is 1. The summed E-state index contributed by atoms with van der Waals surface area (Å²) in [5.74, 6) is 1.46. The Morgan fingerprint density at radius 2 is 1.88 bits per heavy atom. The number of rotatable bonds is 6. The van der Waals surface area contributed by atoms with Crippen LogP contribution in [0.4, 0.5) is 0 Å². The molecule has 0 aliphatic heterocycles. The Hall–Kier alpha value is -1.07. The zero-order valence-corrected chi connectivity index (χ0v) is 17.3. The average Bonchev–Trinajstić information content (AvgIpc) is 2.56. The number of hydrogen-bond donors (Lipinski definition) is 1. The SMILES string of the molecule is COCCOc1ccc(C(=O)NC2CCC(C(C)(C)C)CC2)cc1Br. The van der Waals surface area contributed by atoms with Crippen LogP contribution in [-0.4, -0.2) is 32.3 Å². The van der Waals surface area contributed by atoms with E-state index in [1.807, 2.05) is 18.2 Å². The third-order valence-corrected chi connectivity index (χ3v) is 5.65. The first kappa shape index (κ1) is 20.2. The van der Waals surface area contributed by atoms with Gasteiger partial charge < -0.3 is 14.8 Å². The molecule has 2 rings (SSSR count). The van der Waals surface area contributed by atoms with Crippen molar-refractivity contribution in [1.29, 1.82) is 0 Å². The molecule has 1 aliphatic rings. The van der Waals surface area contributed by atoms with Crippen LogP contribution in [0.25, 0.3) is 0 Å². The number of halogens is 1. The van der Waals surface area contributed by atoms with Gasteiger partial charge in [0, 0.05) is 18.7 Å². The van der Waals surface area contributed by atoms with E-state index in [-0.39, 0.29) is 11.9 Å². The van der Waals surface area contributed by atoms with Crippen molar-refractivity contribution in [2.24, 2.45) is 11.3 Å². The summed E-state index contributed by atoms with van der Waals surface area (Å²) in [6.07, 6.45) is 4.49. The normalized spacial score (nSPS) is 21.0. The largest absolute Gasteiger partial charge is 0.490 e. The predicted molar refractivity (Wildman–Crippen MR) is 104 cm³/mol. The Morgan fingerprint density at radius 3 is 2.44 bits per heavy atom. The molecular formula is C20H30BrNO3. The molecule has 1 N–H and O–H groups in total. The van der Waals surface area contributed by atoms with E-state index in [4.69, 9.17) is 9.47 Å². The van der Waals surface area contributed by atoms with Crippen molar-refractivity contribution >= 4 is 21.8 Å². The van der Waals surface area contributed by atoms with Crippen molar-refractivity contribution in [1.82, 2.24) is 5.32 Å². The molecular weight excluding hydrogens is 382 g/mol. The first-order valence-electron chi connectivity index (χ1n) is 9.03. The summed E-state index contributed by atoms with van der Waals surface area (Å²) in [7, 11) is 1.64. The highest BCUT2D eigenvalue weighted by Gasteiger charge is 2.30. The molecule has 1 aliphatic carbocycles. The van der Waals surface area contributed by atoms with Gasteiger partial charge >= 0.3 is 0 Å². The Kier molecular flexibility index (Phi) is 7.32. The van der Waals surface area contributed by atoms with E-state index in [2.05, 4.69) is 42.0 Å². The topological polar surface area (TPSA) is 47.6 Å². The molecule has 0 atom stereocenters. The van der Waals surface area contributed by atoms with Gasteiger partial charge in [0.1, 0.15) is 12.4 Å². The van der Waals surface area contributed by atoms with Gasteiger partial charge in [-0.3, -0.25) is 4.79 Å². The van der Waals surface area contributed by atoms with Crippen LogP contribution in [0.2, 0.25) is 0 Å². The summed E-state index contributed by atoms with van der Waals surface area (Å²) in [6, 6.07) is 5.73. The summed E-state index contributed by atoms with van der Waals surface area (Å²) in [6.45, 7) is 7.95. The molecule has 0 aromatic heterocycles. The first-order valence-corrected chi connectivity index (χ1v) is 9.82. The maximum atomic E-state index is 12.5. The monoisotopic (exact) mass is 411 g/mol. The van der Waals surface area contributed by atoms with Crippen LogP contribution in [0, 0.1) is 11.3 Å². The molecule has 1 amide bonds. The van der Waals surface area contributed by atoms with Gasteiger partial charge in [-0.15, -0.1) is 0 Å². The van der Waals surface area contributed by atoms with Crippen molar-refractivity contribution in [3.05, 3.63) is 28.2 Å². The van der Waals surface area contributed by atoms with Crippen molar-refractivity contribution in [3.8, 4) is 5.75 Å². The highest BCUT2D eigenvalue weighted by atomic mass is 79.9. The van der Waals surface area contributed by atoms with E-state index >= 15 is 0 Å². The fraction of sp³-hybridized carbons (Fsp3) is 0.650. The number of carbonyl (C=O) groups excluding carboxylic acids is 1. The first-order chi connectivity index (χ1) is 11.8. The second kappa shape index (κ2) is 9.04. The molecule has 1 saturated carbocycles. The maximum absolute atomic E-state index is 12.5. The van der Waals surface area contributed by atoms with E-state index in [0.29, 0.717) is 24.2 Å². The molecule has 1 aromatic carbocycles. The number of ether oxygens (including phenoxy) is 2. The molecule has 1 aromatic rings. The van der Waals surface area contributed by atoms with Crippen molar-refractivity contribution in [2.45, 2.75) is 52.5 Å². The summed E-state index contributed by atoms with van der Waals surface area (Å²) in [5.41, 5.74) is 1.02. The summed E-state index contributed by atoms with van der Waals surface area (Å²) in [4.78, 5) is 12.5. The molecule has 4 nitrogen and oxygen atoms in total. The van der Waals surface area contributed by atoms with E-state index in [9.17, 15) is 4.79 Å². The van der Waals surface area contributed by atoms with Gasteiger partial charge in [0.25, 0.3) is 5.91 Å². The highest BCUT2D eigenvalue weighted by molar-refractivity contribution is 9.10. The second-order valence-corrected chi connectivity index (χ2v) is 8.73. The lowest BCUT2D eigenvalue weighted by Gasteiger charge is -2.37. The minimum absolute atomic E-state index is 0.0108. The van der Waals surface area contributed by atoms with Gasteiger partial charge in [-0.2, -0.15) is 0 Å². The third kappa shape index (κ3) is 6.00. The third-order valence-electron chi connectivity index (χ3n) is 5.03. The van der Waals surface area contributed by atoms with Gasteiger partial charge in [0.15, 0.2) is 0 Å². The van der Waals surface area contributed by atoms with E-state index in [1.165, 1.54) is 12.8 Å². The molecule has 0 bridgehead atoms. The molecule has 0 heterocycles. The van der Waals surface area contributed by atoms with Crippen LogP contribution in [0.3, 0.4) is 0 Å². The zero-order valence-electron chi connectivity index (χ0n) is 15.7. The molecule has 0 saturated heterocycles. The Balaban J connectivity index is 1.88. The number of amides is 1. The number of benzene rings is 1. The van der Waals surface area contributed by atoms with Crippen LogP contribution in [-0.2, 0) is 4.74 Å². The van der Waals surface area contributed by atoms with Crippen LogP contribution < -0.4 is 10.1 Å². The molecule has 25 heavy (non-hydrogen) atoms. The smallest absolute Gasteiger partial charge is 0.251 e. The molecule has 0 spiro atoms. The van der Waals surface area contributed by atoms with Gasteiger partial charge in [-0.1, -0.05) is 20.8 Å². The molecule has 0 unspecified atom stereocenters. The minimum atomic E-state index is -0.0108. The number of hydrogen-bond acceptors (Lipinski definition) is 3. The van der Waals surface area contributed by atoms with Crippen LogP contribution in [0.5, 0.6) is 5.75 Å². The van der Waals surface area contributed by atoms with E-state index < -0.39 is 0 Å². The molecule has 0 radical (unpaired) electrons. The van der Waals surface area contributed by atoms with Crippen molar-refractivity contribution in [2.75, 3.05) is 20.3 Å². The Morgan fingerprint density at radius 1 is 1.20 bits per heavy atom. The lowest BCUT2D eigenvalue weighted by molar-refractivity contribution is 0.0904. The van der Waals surface area contributed by atoms with Crippen molar-refractivity contribution < 1.29 is 14.3 Å². The van der Waals surface area contributed by atoms with Crippen LogP contribution in [0.1, 0.15) is 56.8 Å². The lowest BCUT2D eigenvalue weighted by Crippen LogP contribution is -2.39. The lowest BCUT2D eigenvalue weighted by atomic mass is 9.71. The fourth-order valence-corrected chi connectivity index (χ4v) is 3.86. The van der Waals surface area contributed by atoms with Gasteiger partial charge in [0.05, 0.1) is 11.1 Å². The predicted octanol–water partition coefficient (Wildman–Crippen LogP) is 4.81. The number of carbonyl (C=O) groups is 1. The quantitative estimate of drug-likeness (QED) is 0.683. The number of nitrogens with one attached hydrogen (secondary N) is 1. The zero-order chi connectivity index (χ0) is 18.4. The van der Waals surface area contributed by atoms with Gasteiger partial charge in [-0.25, -0.2) is 0 Å². The maximum Gasteiger partial charge on any atom is 0.251 e. The van der Waals surface area contributed by atoms with Gasteiger partial charge in [-0.05, 0) is 71.1 Å². The van der Waals surface area contributed by atoms with Crippen LogP contribution >= 0.6 is 15.9 Å². The van der Waals surface area contributed by atoms with E-state index in [0.717, 1.165) is 29.0 Å². The average molecular weight is 412 g/mol. The second-order valence-electron chi connectivity index (χ2n) is 7.87. The Bertz CT molecular complexity index is 575. The summed E-state index contributed by atoms with van der Waals surface area (Å²) in [5, 5.41) is 3.19. The molecule has 5 heteroatoms. The minimum Gasteiger partial charge on any atom is -0.490 e. The summed E-state index contributed by atoms with van der Waals surface area (Å²) >= 11 is 3.48. The Labute approximate surface area is 159 Å². The van der Waals surface area contributed by atoms with E-state index in [1.54, 1.807) is 7.11 Å². The van der Waals surface area contributed by atoms with Crippen LogP contribution in [0.15, 0.2) is 22.7 Å². The fourth-order valence-electron chi connectivity index (χ4n) is 3.37. The highest BCUT2D eigenvalue weighted by Crippen LogP contribution is 2.37. The molecule has 140 valence electrons. The standard InChI is InChI=1S/C20H30BrNO3/c1-20(2,3)15-6-8-16(9-7-15)22-19(23)14-5-10-18(17(21)13-14)25-12-11-24-4/h5,10,13,15-16H,6-9,11-12H2,1-4H3,(H,22,23). The summed E-state index contributed by atoms with van der Waals surface area (Å²) < 4.78 is 11.4. The van der Waals surface area contributed by atoms with Crippen molar-refractivity contribution in [3.63, 3.8) is 0 Å².